The predicted octanol–water partition coefficient (Wildman–Crippen LogP) is 8.85. The second kappa shape index (κ2) is 11.3. The highest BCUT2D eigenvalue weighted by molar-refractivity contribution is 5.91. The van der Waals surface area contributed by atoms with Crippen LogP contribution in [0.1, 0.15) is 58.9 Å². The number of hydrogen-bond acceptors (Lipinski definition) is 4. The van der Waals surface area contributed by atoms with Crippen LogP contribution >= 0.6 is 0 Å². The lowest BCUT2D eigenvalue weighted by Crippen LogP contribution is -2.46. The van der Waals surface area contributed by atoms with Crippen LogP contribution in [0.2, 0.25) is 0 Å². The number of benzene rings is 5. The van der Waals surface area contributed by atoms with Gasteiger partial charge in [0.1, 0.15) is 5.75 Å². The van der Waals surface area contributed by atoms with E-state index in [9.17, 15) is 4.79 Å². The molecule has 0 fully saturated rings. The van der Waals surface area contributed by atoms with Gasteiger partial charge in [0.25, 0.3) is 0 Å². The molecule has 4 nitrogen and oxygen atoms in total. The van der Waals surface area contributed by atoms with E-state index in [1.807, 2.05) is 0 Å². The lowest BCUT2D eigenvalue weighted by molar-refractivity contribution is 0.0367. The summed E-state index contributed by atoms with van der Waals surface area (Å²) < 4.78 is 5.25. The van der Waals surface area contributed by atoms with Gasteiger partial charge in [-0.05, 0) is 85.0 Å². The van der Waals surface area contributed by atoms with Gasteiger partial charge in [0.2, 0.25) is 0 Å². The smallest absolute Gasteiger partial charge is 0.363 e. The van der Waals surface area contributed by atoms with Crippen LogP contribution in [0.3, 0.4) is 0 Å². The molecule has 1 aliphatic rings. The van der Waals surface area contributed by atoms with Crippen molar-refractivity contribution in [2.75, 3.05) is 12.2 Å². The Kier molecular flexibility index (Phi) is 7.37. The quantitative estimate of drug-likeness (QED) is 0.185. The molecule has 1 heterocycles. The van der Waals surface area contributed by atoms with E-state index in [4.69, 9.17) is 9.57 Å². The van der Waals surface area contributed by atoms with Crippen LogP contribution in [0.25, 0.3) is 5.57 Å². The van der Waals surface area contributed by atoms with Crippen LogP contribution in [0, 0.1) is 0 Å². The third-order valence-electron chi connectivity index (χ3n) is 8.29. The highest BCUT2D eigenvalue weighted by Gasteiger charge is 2.41. The molecule has 43 heavy (non-hydrogen) atoms. The fraction of sp³-hybridized carbons (Fsp3) is 0.154. The van der Waals surface area contributed by atoms with Crippen LogP contribution in [-0.4, -0.2) is 18.6 Å². The summed E-state index contributed by atoms with van der Waals surface area (Å²) >= 11 is 0. The SMILES string of the molecule is COc1ccc(C(=O)ON2c3ccc(C(c4ccccc4)(c4ccccc4)c4ccccc4)cc3C(C)=CC2(C)C)cc1. The molecule has 0 N–H and O–H groups in total. The lowest BCUT2D eigenvalue weighted by Gasteiger charge is -2.42. The van der Waals surface area contributed by atoms with Crippen molar-refractivity contribution in [3.05, 3.63) is 173 Å². The first-order valence-corrected chi connectivity index (χ1v) is 14.5. The third-order valence-corrected chi connectivity index (χ3v) is 8.29. The highest BCUT2D eigenvalue weighted by atomic mass is 16.7. The number of anilines is 1. The van der Waals surface area contributed by atoms with Gasteiger partial charge in [-0.15, -0.1) is 0 Å². The minimum atomic E-state index is -0.573. The van der Waals surface area contributed by atoms with E-state index in [2.05, 4.69) is 136 Å². The van der Waals surface area contributed by atoms with Crippen molar-refractivity contribution in [2.45, 2.75) is 31.7 Å². The zero-order valence-corrected chi connectivity index (χ0v) is 25.0. The summed E-state index contributed by atoms with van der Waals surface area (Å²) in [5.74, 6) is 0.260. The zero-order chi connectivity index (χ0) is 30.0. The summed E-state index contributed by atoms with van der Waals surface area (Å²) in [6, 6.07) is 45.5. The standard InChI is InChI=1S/C39H35NO3/c1-28-27-38(2,3)40(43-37(41)29-20-23-34(42-4)24-21-29)36-25-22-33(26-35(28)36)39(30-14-8-5-9-15-30,31-16-10-6-11-17-31)32-18-12-7-13-19-32/h5-27H,1-4H3. The maximum absolute atomic E-state index is 13.3. The Hall–Kier alpha value is -5.09. The zero-order valence-electron chi connectivity index (χ0n) is 25.0. The predicted molar refractivity (Wildman–Crippen MR) is 173 cm³/mol. The van der Waals surface area contributed by atoms with E-state index in [-0.39, 0.29) is 0 Å². The average Bonchev–Trinajstić information content (AvgIpc) is 3.05. The maximum atomic E-state index is 13.3. The second-order valence-corrected chi connectivity index (χ2v) is 11.5. The summed E-state index contributed by atoms with van der Waals surface area (Å²) in [5, 5.41) is 1.74. The number of carbonyl (C=O) groups excluding carboxylic acids is 1. The lowest BCUT2D eigenvalue weighted by atomic mass is 9.64. The molecule has 0 amide bonds. The first-order chi connectivity index (χ1) is 20.8. The average molecular weight is 566 g/mol. The molecule has 0 saturated carbocycles. The molecule has 0 radical (unpaired) electrons. The monoisotopic (exact) mass is 565 g/mol. The van der Waals surface area contributed by atoms with Crippen LogP contribution in [0.5, 0.6) is 5.75 Å². The number of hydroxylamine groups is 1. The van der Waals surface area contributed by atoms with Crippen molar-refractivity contribution >= 4 is 17.2 Å². The van der Waals surface area contributed by atoms with Gasteiger partial charge < -0.3 is 9.57 Å². The molecule has 6 rings (SSSR count). The Bertz CT molecular complexity index is 1660. The Morgan fingerprint density at radius 2 is 1.19 bits per heavy atom. The molecule has 0 atom stereocenters. The molecule has 0 saturated heterocycles. The molecule has 0 spiro atoms. The normalized spacial score (nSPS) is 14.0. The first kappa shape index (κ1) is 28.0. The number of nitrogens with zero attached hydrogens (tertiary/aromatic N) is 1. The van der Waals surface area contributed by atoms with Gasteiger partial charge in [0, 0.05) is 5.56 Å². The molecule has 5 aromatic carbocycles. The second-order valence-electron chi connectivity index (χ2n) is 11.5. The van der Waals surface area contributed by atoms with E-state index >= 15 is 0 Å². The first-order valence-electron chi connectivity index (χ1n) is 14.5. The van der Waals surface area contributed by atoms with Gasteiger partial charge in [-0.2, -0.15) is 5.06 Å². The summed E-state index contributed by atoms with van der Waals surface area (Å²) in [5.41, 5.74) is 6.97. The van der Waals surface area contributed by atoms with E-state index < -0.39 is 16.9 Å². The topological polar surface area (TPSA) is 38.8 Å². The van der Waals surface area contributed by atoms with Gasteiger partial charge in [0.05, 0.1) is 29.3 Å². The number of methoxy groups -OCH3 is 1. The third kappa shape index (κ3) is 4.99. The number of allylic oxidation sites excluding steroid dienone is 1. The van der Waals surface area contributed by atoms with Crippen molar-refractivity contribution in [3.63, 3.8) is 0 Å². The Balaban J connectivity index is 1.52. The summed E-state index contributed by atoms with van der Waals surface area (Å²) in [6.07, 6.45) is 2.16. The fourth-order valence-corrected chi connectivity index (χ4v) is 6.33. The number of rotatable bonds is 7. The molecule has 5 aromatic rings. The minimum Gasteiger partial charge on any atom is -0.497 e. The molecular formula is C39H35NO3. The molecule has 4 heteroatoms. The summed E-state index contributed by atoms with van der Waals surface area (Å²) in [4.78, 5) is 19.5. The molecule has 0 aliphatic carbocycles. The highest BCUT2D eigenvalue weighted by Crippen LogP contribution is 2.48. The van der Waals surface area contributed by atoms with Crippen LogP contribution < -0.4 is 9.80 Å². The number of carbonyl (C=O) groups is 1. The number of hydrogen-bond donors (Lipinski definition) is 0. The fourth-order valence-electron chi connectivity index (χ4n) is 6.33. The number of fused-ring (bicyclic) bond motifs is 1. The van der Waals surface area contributed by atoms with Gasteiger partial charge in [-0.3, -0.25) is 0 Å². The van der Waals surface area contributed by atoms with Gasteiger partial charge in [0.15, 0.2) is 0 Å². The van der Waals surface area contributed by atoms with E-state index in [1.54, 1.807) is 36.4 Å². The molecule has 1 aliphatic heterocycles. The summed E-state index contributed by atoms with van der Waals surface area (Å²) in [6.45, 7) is 6.23. The van der Waals surface area contributed by atoms with Gasteiger partial charge in [-0.1, -0.05) is 103 Å². The molecule has 0 unspecified atom stereocenters. The van der Waals surface area contributed by atoms with Gasteiger partial charge in [-0.25, -0.2) is 4.79 Å². The molecule has 0 aromatic heterocycles. The Morgan fingerprint density at radius 1 is 0.674 bits per heavy atom. The van der Waals surface area contributed by atoms with Crippen molar-refractivity contribution in [1.82, 2.24) is 0 Å². The maximum Gasteiger partial charge on any atom is 0.363 e. The molecule has 214 valence electrons. The largest absolute Gasteiger partial charge is 0.497 e. The van der Waals surface area contributed by atoms with E-state index in [1.165, 1.54) is 16.7 Å². The molecular weight excluding hydrogens is 530 g/mol. The summed E-state index contributed by atoms with van der Waals surface area (Å²) in [7, 11) is 1.60. The van der Waals surface area contributed by atoms with Gasteiger partial charge >= 0.3 is 5.97 Å². The van der Waals surface area contributed by atoms with Crippen molar-refractivity contribution in [3.8, 4) is 5.75 Å². The van der Waals surface area contributed by atoms with Crippen LogP contribution in [-0.2, 0) is 10.3 Å². The molecule has 0 bridgehead atoms. The van der Waals surface area contributed by atoms with Crippen molar-refractivity contribution < 1.29 is 14.4 Å². The van der Waals surface area contributed by atoms with Crippen molar-refractivity contribution in [1.29, 1.82) is 0 Å². The minimum absolute atomic E-state index is 0.425. The Morgan fingerprint density at radius 3 is 1.67 bits per heavy atom. The van der Waals surface area contributed by atoms with Crippen LogP contribution in [0.4, 0.5) is 5.69 Å². The van der Waals surface area contributed by atoms with E-state index in [0.717, 1.165) is 22.4 Å². The number of ether oxygens (including phenoxy) is 1. The van der Waals surface area contributed by atoms with Crippen LogP contribution in [0.15, 0.2) is 140 Å². The van der Waals surface area contributed by atoms with E-state index in [0.29, 0.717) is 11.3 Å². The van der Waals surface area contributed by atoms with Crippen molar-refractivity contribution in [2.24, 2.45) is 0 Å². The Labute approximate surface area is 253 Å².